The Labute approximate surface area is 433 Å². The van der Waals surface area contributed by atoms with Crippen molar-refractivity contribution in [3.8, 4) is 0 Å². The molecule has 6 amide bonds. The van der Waals surface area contributed by atoms with Crippen LogP contribution in [0.5, 0.6) is 0 Å². The number of primary amides is 1. The maximum atomic E-state index is 16.6. The van der Waals surface area contributed by atoms with Crippen molar-refractivity contribution in [1.29, 1.82) is 0 Å². The average molecular weight is 1140 g/mol. The van der Waals surface area contributed by atoms with Crippen molar-refractivity contribution < 1.29 is 79.5 Å². The summed E-state index contributed by atoms with van der Waals surface area (Å²) in [4.78, 5) is 112. The molecule has 76 heavy (non-hydrogen) atoms. The summed E-state index contributed by atoms with van der Waals surface area (Å²) >= 11 is 0.446. The number of ether oxygens (including phenoxy) is 2. The molecule has 4 aliphatic rings. The lowest BCUT2D eigenvalue weighted by Crippen LogP contribution is -2.57. The highest BCUT2D eigenvalue weighted by atomic mass is 32.7. The molecule has 0 spiro atoms. The number of hydrogen-bond acceptors (Lipinski definition) is 22. The van der Waals surface area contributed by atoms with Gasteiger partial charge in [0.05, 0.1) is 25.6 Å². The van der Waals surface area contributed by atoms with Gasteiger partial charge in [0.2, 0.25) is 11.8 Å². The molecule has 0 aromatic carbocycles. The van der Waals surface area contributed by atoms with Gasteiger partial charge in [0.15, 0.2) is 36.3 Å². The van der Waals surface area contributed by atoms with E-state index in [1.165, 1.54) is 0 Å². The normalized spacial score (nSPS) is 29.1. The molecule has 4 aliphatic heterocycles. The van der Waals surface area contributed by atoms with Crippen LogP contribution in [0.3, 0.4) is 0 Å². The van der Waals surface area contributed by atoms with Crippen LogP contribution in [0, 0.1) is 5.92 Å². The lowest BCUT2D eigenvalue weighted by Gasteiger charge is -2.30. The topological polar surface area (TPSA) is 417 Å². The second-order valence-electron chi connectivity index (χ2n) is 18.0. The first-order valence-electron chi connectivity index (χ1n) is 23.7. The van der Waals surface area contributed by atoms with E-state index < -0.39 is 142 Å². The number of alkyl halides is 2. The number of nitrogens with zero attached hydrogens (tertiary/aromatic N) is 6. The van der Waals surface area contributed by atoms with E-state index >= 15 is 8.78 Å². The number of amides is 6. The summed E-state index contributed by atoms with van der Waals surface area (Å²) < 4.78 is 97.1. The number of carbonyl (C=O) groups excluding carboxylic acids is 5. The minimum Gasteiger partial charge on any atom is -0.382 e. The lowest BCUT2D eigenvalue weighted by molar-refractivity contribution is -0.137. The van der Waals surface area contributed by atoms with Gasteiger partial charge in [-0.1, -0.05) is 13.8 Å². The van der Waals surface area contributed by atoms with E-state index in [0.29, 0.717) is 22.4 Å². The van der Waals surface area contributed by atoms with Crippen molar-refractivity contribution in [2.75, 3.05) is 44.3 Å². The predicted molar refractivity (Wildman–Crippen MR) is 259 cm³/mol. The number of phosphoric ester groups is 1. The molecule has 3 aromatic heterocycles. The Morgan fingerprint density at radius 2 is 1.59 bits per heavy atom. The Kier molecular flexibility index (Phi) is 19.3. The van der Waals surface area contributed by atoms with Gasteiger partial charge in [-0.15, -0.1) is 0 Å². The van der Waals surface area contributed by atoms with E-state index in [-0.39, 0.29) is 68.1 Å². The fourth-order valence-corrected chi connectivity index (χ4v) is 12.7. The summed E-state index contributed by atoms with van der Waals surface area (Å²) in [6.07, 6.45) is -11.1. The van der Waals surface area contributed by atoms with Gasteiger partial charge >= 0.3 is 26.3 Å². The summed E-state index contributed by atoms with van der Waals surface area (Å²) in [6, 6.07) is -2.14. The summed E-state index contributed by atoms with van der Waals surface area (Å²) in [6.45, 7) is -3.51. The number of aromatic nitrogens is 6. The van der Waals surface area contributed by atoms with Gasteiger partial charge in [-0.2, -0.15) is 0 Å². The number of nitrogens with one attached hydrogen (secondary N) is 5. The number of fused-ring (bicyclic) bond motifs is 3. The van der Waals surface area contributed by atoms with Gasteiger partial charge in [0.25, 0.3) is 17.4 Å². The maximum absolute atomic E-state index is 16.6. The smallest absolute Gasteiger partial charge is 0.382 e. The van der Waals surface area contributed by atoms with Crippen LogP contribution in [0.2, 0.25) is 0 Å². The Morgan fingerprint density at radius 3 is 2.26 bits per heavy atom. The molecule has 3 saturated heterocycles. The summed E-state index contributed by atoms with van der Waals surface area (Å²) in [5, 5.41) is 22.1. The first-order valence-corrected chi connectivity index (χ1v) is 28.3. The zero-order chi connectivity index (χ0) is 55.1. The molecule has 3 fully saturated rings. The van der Waals surface area contributed by atoms with E-state index in [1.807, 2.05) is 4.98 Å². The third kappa shape index (κ3) is 14.3. The molecule has 13 atom stereocenters. The van der Waals surface area contributed by atoms with Crippen molar-refractivity contribution in [2.45, 2.75) is 113 Å². The minimum atomic E-state index is -5.32. The molecule has 5 unspecified atom stereocenters. The van der Waals surface area contributed by atoms with Gasteiger partial charge in [0.1, 0.15) is 48.5 Å². The number of unbranched alkanes of at least 4 members (excludes halogenated alkanes) is 1. The Balaban J connectivity index is 1.05. The number of carbonyl (C=O) groups is 5. The number of imide groups is 1. The Bertz CT molecular complexity index is 2850. The van der Waals surface area contributed by atoms with E-state index in [1.54, 1.807) is 13.8 Å². The number of halogens is 2. The van der Waals surface area contributed by atoms with Crippen molar-refractivity contribution in [3.63, 3.8) is 0 Å². The van der Waals surface area contributed by atoms with Crippen molar-refractivity contribution in [1.82, 2.24) is 55.2 Å². The van der Waals surface area contributed by atoms with Crippen LogP contribution in [-0.4, -0.2) is 167 Å². The van der Waals surface area contributed by atoms with Crippen LogP contribution in [0.1, 0.15) is 58.4 Å². The third-order valence-corrected chi connectivity index (χ3v) is 17.0. The number of urea groups is 1. The quantitative estimate of drug-likeness (QED) is 0.0275. The van der Waals surface area contributed by atoms with Crippen LogP contribution < -0.4 is 44.0 Å². The monoisotopic (exact) mass is 1140 g/mol. The number of imidazole rings is 1. The largest absolute Gasteiger partial charge is 0.472 e. The van der Waals surface area contributed by atoms with E-state index in [0.717, 1.165) is 46.5 Å². The first kappa shape index (κ1) is 58.1. The molecular weight excluding hydrogens is 1080 g/mol. The van der Waals surface area contributed by atoms with Crippen molar-refractivity contribution >= 4 is 72.6 Å². The van der Waals surface area contributed by atoms with Gasteiger partial charge in [-0.3, -0.25) is 66.4 Å². The van der Waals surface area contributed by atoms with Crippen LogP contribution in [0.4, 0.5) is 19.4 Å². The van der Waals surface area contributed by atoms with Gasteiger partial charge < -0.3 is 46.9 Å². The molecule has 0 radical (unpaired) electrons. The molecule has 7 rings (SSSR count). The molecule has 3 aromatic rings. The van der Waals surface area contributed by atoms with E-state index in [9.17, 15) is 52.7 Å². The molecule has 30 nitrogen and oxygen atoms in total. The number of aromatic amines is 1. The highest BCUT2D eigenvalue weighted by molar-refractivity contribution is 8.55. The zero-order valence-corrected chi connectivity index (χ0v) is 43.2. The number of phosphoric acid groups is 1. The fraction of sp³-hybridized carbons (Fsp3) is 0.610. The van der Waals surface area contributed by atoms with Gasteiger partial charge in [-0.05, 0) is 43.0 Å². The van der Waals surface area contributed by atoms with Crippen LogP contribution in [-0.2, 0) is 55.9 Å². The van der Waals surface area contributed by atoms with E-state index in [2.05, 4.69) is 36.2 Å². The molecule has 0 saturated carbocycles. The number of hydrogen-bond donors (Lipinski definition) is 9. The van der Waals surface area contributed by atoms with E-state index in [4.69, 9.17) is 39.0 Å². The number of nitrogen functional groups attached to an aromatic ring is 1. The number of H-pyrrole nitrogens is 1. The van der Waals surface area contributed by atoms with Crippen molar-refractivity contribution in [3.05, 3.63) is 57.9 Å². The highest BCUT2D eigenvalue weighted by Gasteiger charge is 2.55. The summed E-state index contributed by atoms with van der Waals surface area (Å²) in [5.74, 6) is -2.89. The van der Waals surface area contributed by atoms with Gasteiger partial charge in [-0.25, -0.2) is 42.5 Å². The molecule has 11 N–H and O–H groups in total. The van der Waals surface area contributed by atoms with Crippen LogP contribution in [0.25, 0.3) is 11.2 Å². The standard InChI is InChI=1S/C41H57F2N13O17P2S/c1-20(2)30(52-24(57)7-3-4-13-54-26(59)8-9-27(54)60)37(62)51-21(6-5-11-47-40(45)63)36(61)46-12-15-76-75(67)69-17-23-32(28(42)39(71-23)56-19-50-31-34(44)48-18-49-35(31)56)72-74(65,66)68-16-22-33(73-75)29(43)38(70-22)55-14-10-25(58)53-41(55)64/h8-10,14,18-23,28-30,32-33,36,38-39,46,61H,3-7,11-13,15-17H2,1-2H3,(H,51,62)(H,52,57)(H,65,66)(H2,44,48,49)(H3,45,47,63)(H,53,58,64)/t21?,22-,23-,28-,29-,30?,32-,33-,36?,38-,39-,75?/m1/s1. The number of aliphatic hydroxyl groups is 1. The Morgan fingerprint density at radius 1 is 0.921 bits per heavy atom. The summed E-state index contributed by atoms with van der Waals surface area (Å²) in [5.41, 5.74) is 9.23. The maximum Gasteiger partial charge on any atom is 0.472 e. The average Bonchev–Trinajstić information content (AvgIpc) is 4.10. The van der Waals surface area contributed by atoms with Crippen molar-refractivity contribution in [2.24, 2.45) is 11.7 Å². The molecule has 0 bridgehead atoms. The second kappa shape index (κ2) is 25.3. The molecule has 418 valence electrons. The fourth-order valence-electron chi connectivity index (χ4n) is 8.41. The molecule has 7 heterocycles. The highest BCUT2D eigenvalue weighted by Crippen LogP contribution is 2.64. The number of nitrogens with two attached hydrogens (primary N) is 2. The SMILES string of the molecule is CC(C)C(NC(=O)CCCCN1C(=O)C=CC1=O)C(=O)NC(CCCNC(N)=O)C(O)NCCSP1(=O)OC[C@H]2O[C@@H](n3cnc4c(N)ncnc43)[C@H](F)[C@@H]2OP(=O)(O)OC[C@H]2O[C@@H](n3ccc(=O)[nH]c3=O)[C@H](F)[C@@H]2O1. The zero-order valence-electron chi connectivity index (χ0n) is 40.6. The van der Waals surface area contributed by atoms with Crippen LogP contribution >= 0.6 is 26.0 Å². The third-order valence-electron chi connectivity index (χ3n) is 12.2. The number of aliphatic hydroxyl groups excluding tert-OH is 1. The molecule has 0 aliphatic carbocycles. The second-order valence-corrected chi connectivity index (χ2v) is 23.5. The minimum absolute atomic E-state index is 0.00140. The summed E-state index contributed by atoms with van der Waals surface area (Å²) in [7, 11) is -5.32. The molecule has 35 heteroatoms. The molecular formula is C41H57F2N13O17P2S. The van der Waals surface area contributed by atoms with Crippen LogP contribution in [0.15, 0.2) is 46.7 Å². The predicted octanol–water partition coefficient (Wildman–Crippen LogP) is -0.734. The Hall–Kier alpha value is -5.57. The van der Waals surface area contributed by atoms with Gasteiger partial charge in [0, 0.05) is 56.2 Å². The first-order chi connectivity index (χ1) is 36.0. The lowest BCUT2D eigenvalue weighted by atomic mass is 10.0. The number of anilines is 1. The number of rotatable bonds is 21.